The normalized spacial score (nSPS) is 14.4. The summed E-state index contributed by atoms with van der Waals surface area (Å²) in [5.74, 6) is 0.365. The highest BCUT2D eigenvalue weighted by Crippen LogP contribution is 2.33. The number of unbranched alkanes of at least 4 members (excludes halogenated alkanes) is 2. The lowest BCUT2D eigenvalue weighted by Gasteiger charge is -2.14. The third-order valence-electron chi connectivity index (χ3n) is 5.18. The Hall–Kier alpha value is -3.17. The van der Waals surface area contributed by atoms with Crippen LogP contribution in [0.15, 0.2) is 59.5 Å². The third-order valence-corrected chi connectivity index (χ3v) is 6.56. The third kappa shape index (κ3) is 8.84. The van der Waals surface area contributed by atoms with E-state index in [1.54, 1.807) is 6.08 Å². The van der Waals surface area contributed by atoms with Crippen molar-refractivity contribution in [1.29, 1.82) is 0 Å². The van der Waals surface area contributed by atoms with E-state index in [-0.39, 0.29) is 18.2 Å². The maximum Gasteiger partial charge on any atom is 0.303 e. The second-order valence-electron chi connectivity index (χ2n) is 7.98. The lowest BCUT2D eigenvalue weighted by Crippen LogP contribution is -2.30. The van der Waals surface area contributed by atoms with Crippen molar-refractivity contribution in [2.75, 3.05) is 13.1 Å². The number of hydrogen-bond acceptors (Lipinski definition) is 6. The fraction of sp³-hybridized carbons (Fsp3) is 0.308. The number of carbonyl (C=O) groups is 3. The van der Waals surface area contributed by atoms with E-state index in [9.17, 15) is 14.4 Å². The van der Waals surface area contributed by atoms with E-state index in [2.05, 4.69) is 5.32 Å². The first-order chi connectivity index (χ1) is 16.9. The number of carbonyl (C=O) groups excluding carboxylic acids is 2. The molecule has 9 heteroatoms. The lowest BCUT2D eigenvalue weighted by molar-refractivity contribution is -0.137. The molecule has 1 aliphatic heterocycles. The number of hydrogen-bond donors (Lipinski definition) is 2. The molecule has 2 amide bonds. The Morgan fingerprint density at radius 1 is 1.00 bits per heavy atom. The summed E-state index contributed by atoms with van der Waals surface area (Å²) in [6, 6.07) is 17.0. The van der Waals surface area contributed by atoms with Gasteiger partial charge in [-0.25, -0.2) is 0 Å². The number of benzene rings is 2. The zero-order valence-corrected chi connectivity index (χ0v) is 20.9. The zero-order valence-electron chi connectivity index (χ0n) is 19.3. The topological polar surface area (TPSA) is 95.9 Å². The van der Waals surface area contributed by atoms with Gasteiger partial charge in [-0.05, 0) is 55.2 Å². The number of nitrogens with zero attached hydrogens (tertiary/aromatic N) is 1. The Bertz CT molecular complexity index is 1090. The van der Waals surface area contributed by atoms with Crippen molar-refractivity contribution in [3.8, 4) is 11.5 Å². The summed E-state index contributed by atoms with van der Waals surface area (Å²) in [5, 5.41) is 11.4. The predicted molar refractivity (Wildman–Crippen MR) is 141 cm³/mol. The summed E-state index contributed by atoms with van der Waals surface area (Å²) >= 11 is 6.65. The molecule has 3 rings (SSSR count). The maximum atomic E-state index is 12.9. The van der Waals surface area contributed by atoms with E-state index in [4.69, 9.17) is 22.1 Å². The molecule has 1 saturated heterocycles. The summed E-state index contributed by atoms with van der Waals surface area (Å²) in [6.07, 6.45) is 4.87. The molecule has 0 unspecified atom stereocenters. The molecule has 2 aromatic carbocycles. The molecule has 1 heterocycles. The fourth-order valence-electron chi connectivity index (χ4n) is 3.43. The number of carboxylic acids is 1. The van der Waals surface area contributed by atoms with Gasteiger partial charge in [0.25, 0.3) is 5.91 Å². The minimum absolute atomic E-state index is 0.0838. The molecule has 0 saturated carbocycles. The Morgan fingerprint density at radius 2 is 1.77 bits per heavy atom. The molecule has 184 valence electrons. The van der Waals surface area contributed by atoms with Gasteiger partial charge in [0.2, 0.25) is 5.91 Å². The SMILES string of the molecule is O=C(O)CCCCCNC(=O)CCCN1C(=O)/C(=C/c2cccc(Oc3ccccc3)c2)SC1=S. The number of thioether (sulfide) groups is 1. The molecular weight excluding hydrogens is 484 g/mol. The van der Waals surface area contributed by atoms with Crippen molar-refractivity contribution in [2.45, 2.75) is 38.5 Å². The van der Waals surface area contributed by atoms with Crippen molar-refractivity contribution in [3.63, 3.8) is 0 Å². The van der Waals surface area contributed by atoms with Gasteiger partial charge < -0.3 is 15.2 Å². The minimum atomic E-state index is -0.801. The highest BCUT2D eigenvalue weighted by atomic mass is 32.2. The van der Waals surface area contributed by atoms with Crippen LogP contribution in [0.4, 0.5) is 0 Å². The van der Waals surface area contributed by atoms with Gasteiger partial charge in [-0.15, -0.1) is 0 Å². The quantitative estimate of drug-likeness (QED) is 0.216. The van der Waals surface area contributed by atoms with E-state index in [1.807, 2.05) is 54.6 Å². The molecule has 7 nitrogen and oxygen atoms in total. The molecule has 0 aromatic heterocycles. The summed E-state index contributed by atoms with van der Waals surface area (Å²) < 4.78 is 6.35. The number of ether oxygens (including phenoxy) is 1. The van der Waals surface area contributed by atoms with Crippen LogP contribution in [0, 0.1) is 0 Å². The van der Waals surface area contributed by atoms with Gasteiger partial charge in [0.15, 0.2) is 0 Å². The molecule has 1 fully saturated rings. The molecular formula is C26H28N2O5S2. The van der Waals surface area contributed by atoms with E-state index in [0.29, 0.717) is 47.3 Å². The largest absolute Gasteiger partial charge is 0.481 e. The van der Waals surface area contributed by atoms with Crippen molar-refractivity contribution in [1.82, 2.24) is 10.2 Å². The first kappa shape index (κ1) is 26.4. The number of rotatable bonds is 13. The number of thiocarbonyl (C=S) groups is 1. The molecule has 0 aliphatic carbocycles. The van der Waals surface area contributed by atoms with Crippen LogP contribution >= 0.6 is 24.0 Å². The van der Waals surface area contributed by atoms with Crippen LogP contribution in [0.5, 0.6) is 11.5 Å². The maximum absolute atomic E-state index is 12.9. The Balaban J connectivity index is 1.45. The van der Waals surface area contributed by atoms with Crippen LogP contribution in [0.2, 0.25) is 0 Å². The Kier molecular flexibility index (Phi) is 10.3. The van der Waals surface area contributed by atoms with Crippen molar-refractivity contribution in [3.05, 3.63) is 65.1 Å². The number of para-hydroxylation sites is 1. The number of amides is 2. The van der Waals surface area contributed by atoms with Crippen LogP contribution in [-0.4, -0.2) is 45.2 Å². The van der Waals surface area contributed by atoms with Crippen molar-refractivity contribution in [2.24, 2.45) is 0 Å². The van der Waals surface area contributed by atoms with Gasteiger partial charge >= 0.3 is 5.97 Å². The zero-order chi connectivity index (χ0) is 25.0. The van der Waals surface area contributed by atoms with Crippen molar-refractivity contribution < 1.29 is 24.2 Å². The molecule has 2 aromatic rings. The molecule has 0 radical (unpaired) electrons. The summed E-state index contributed by atoms with van der Waals surface area (Å²) in [4.78, 5) is 37.4. The molecule has 1 aliphatic rings. The average molecular weight is 513 g/mol. The highest BCUT2D eigenvalue weighted by molar-refractivity contribution is 8.26. The van der Waals surface area contributed by atoms with Gasteiger partial charge in [0.1, 0.15) is 15.8 Å². The fourth-order valence-corrected chi connectivity index (χ4v) is 4.74. The Morgan fingerprint density at radius 3 is 2.54 bits per heavy atom. The van der Waals surface area contributed by atoms with E-state index >= 15 is 0 Å². The lowest BCUT2D eigenvalue weighted by atomic mass is 10.2. The first-order valence-corrected chi connectivity index (χ1v) is 12.7. The van der Waals surface area contributed by atoms with Crippen LogP contribution < -0.4 is 10.1 Å². The standard InChI is InChI=1S/C26H28N2O5S2/c29-23(27-15-6-2-5-14-24(30)31)13-8-16-28-25(32)22(35-26(28)34)18-19-9-7-12-21(17-19)33-20-10-3-1-4-11-20/h1,3-4,7,9-12,17-18H,2,5-6,8,13-16H2,(H,27,29)(H,30,31)/b22-18-. The molecule has 0 bridgehead atoms. The number of aliphatic carboxylic acids is 1. The van der Waals surface area contributed by atoms with Gasteiger partial charge in [-0.2, -0.15) is 0 Å². The van der Waals surface area contributed by atoms with E-state index in [1.165, 1.54) is 16.7 Å². The monoisotopic (exact) mass is 512 g/mol. The predicted octanol–water partition coefficient (Wildman–Crippen LogP) is 5.22. The smallest absolute Gasteiger partial charge is 0.303 e. The highest BCUT2D eigenvalue weighted by Gasteiger charge is 2.31. The number of carboxylic acid groups (broad SMARTS) is 1. The molecule has 0 atom stereocenters. The van der Waals surface area contributed by atoms with E-state index in [0.717, 1.165) is 24.2 Å². The summed E-state index contributed by atoms with van der Waals surface area (Å²) in [5.41, 5.74) is 0.835. The Labute approximate surface area is 214 Å². The van der Waals surface area contributed by atoms with Crippen LogP contribution in [-0.2, 0) is 14.4 Å². The van der Waals surface area contributed by atoms with Crippen LogP contribution in [0.1, 0.15) is 44.1 Å². The number of nitrogens with one attached hydrogen (secondary N) is 1. The van der Waals surface area contributed by atoms with E-state index < -0.39 is 5.97 Å². The molecule has 35 heavy (non-hydrogen) atoms. The average Bonchev–Trinajstić information content (AvgIpc) is 3.09. The first-order valence-electron chi connectivity index (χ1n) is 11.5. The minimum Gasteiger partial charge on any atom is -0.481 e. The second kappa shape index (κ2) is 13.7. The van der Waals surface area contributed by atoms with Crippen LogP contribution in [0.3, 0.4) is 0 Å². The van der Waals surface area contributed by atoms with Crippen molar-refractivity contribution >= 4 is 52.2 Å². The van der Waals surface area contributed by atoms with Gasteiger partial charge in [0.05, 0.1) is 4.91 Å². The summed E-state index contributed by atoms with van der Waals surface area (Å²) in [6.45, 7) is 0.903. The van der Waals surface area contributed by atoms with Gasteiger partial charge in [-0.3, -0.25) is 19.3 Å². The van der Waals surface area contributed by atoms with Crippen LogP contribution in [0.25, 0.3) is 6.08 Å². The van der Waals surface area contributed by atoms with Gasteiger partial charge in [0, 0.05) is 25.9 Å². The summed E-state index contributed by atoms with van der Waals surface area (Å²) in [7, 11) is 0. The second-order valence-corrected chi connectivity index (χ2v) is 9.65. The molecule has 2 N–H and O–H groups in total. The van der Waals surface area contributed by atoms with Gasteiger partial charge in [-0.1, -0.05) is 60.7 Å². The molecule has 0 spiro atoms.